The summed E-state index contributed by atoms with van der Waals surface area (Å²) in [6, 6.07) is 8.16. The fourth-order valence-corrected chi connectivity index (χ4v) is 2.68. The second-order valence-corrected chi connectivity index (χ2v) is 6.32. The van der Waals surface area contributed by atoms with Gasteiger partial charge in [-0.05, 0) is 25.8 Å². The summed E-state index contributed by atoms with van der Waals surface area (Å²) in [6.07, 6.45) is 2.33. The number of benzene rings is 1. The van der Waals surface area contributed by atoms with E-state index >= 15 is 0 Å². The van der Waals surface area contributed by atoms with Gasteiger partial charge in [0.05, 0.1) is 5.69 Å². The lowest BCUT2D eigenvalue weighted by Crippen LogP contribution is -2.20. The number of esters is 1. The molecule has 5 nitrogen and oxygen atoms in total. The van der Waals surface area contributed by atoms with Gasteiger partial charge in [-0.3, -0.25) is 10.1 Å². The minimum Gasteiger partial charge on any atom is -0.452 e. The van der Waals surface area contributed by atoms with Crippen molar-refractivity contribution in [3.05, 3.63) is 46.9 Å². The van der Waals surface area contributed by atoms with Gasteiger partial charge < -0.3 is 4.74 Å². The van der Waals surface area contributed by atoms with Gasteiger partial charge in [-0.2, -0.15) is 0 Å². The van der Waals surface area contributed by atoms with Gasteiger partial charge in [-0.25, -0.2) is 9.78 Å². The van der Waals surface area contributed by atoms with E-state index in [2.05, 4.69) is 29.4 Å². The number of carbonyl (C=O) groups is 2. The van der Waals surface area contributed by atoms with Gasteiger partial charge in [0, 0.05) is 17.0 Å². The summed E-state index contributed by atoms with van der Waals surface area (Å²) in [5.41, 5.74) is 3.89. The molecule has 0 bridgehead atoms. The molecule has 0 spiro atoms. The first-order valence-electron chi connectivity index (χ1n) is 7.64. The second-order valence-electron chi connectivity index (χ2n) is 5.47. The summed E-state index contributed by atoms with van der Waals surface area (Å²) in [4.78, 5) is 27.5. The maximum absolute atomic E-state index is 11.8. The van der Waals surface area contributed by atoms with Crippen molar-refractivity contribution in [2.75, 3.05) is 11.9 Å². The van der Waals surface area contributed by atoms with Gasteiger partial charge >= 0.3 is 5.97 Å². The Bertz CT molecular complexity index is 744. The number of aryl methyl sites for hydroxylation is 1. The smallest absolute Gasteiger partial charge is 0.331 e. The number of rotatable bonds is 6. The van der Waals surface area contributed by atoms with E-state index in [1.807, 2.05) is 17.5 Å². The van der Waals surface area contributed by atoms with Crippen LogP contribution in [0.5, 0.6) is 0 Å². The SMILES string of the molecule is CCc1ccc(-c2csc(NC(=O)COC(=O)C=C(C)C)n2)cc1. The van der Waals surface area contributed by atoms with Gasteiger partial charge in [-0.1, -0.05) is 36.8 Å². The highest BCUT2D eigenvalue weighted by Crippen LogP contribution is 2.25. The lowest BCUT2D eigenvalue weighted by atomic mass is 10.1. The van der Waals surface area contributed by atoms with E-state index in [-0.39, 0.29) is 6.61 Å². The van der Waals surface area contributed by atoms with Crippen LogP contribution in [0, 0.1) is 0 Å². The Balaban J connectivity index is 1.92. The molecule has 0 aliphatic carbocycles. The quantitative estimate of drug-likeness (QED) is 0.639. The highest BCUT2D eigenvalue weighted by atomic mass is 32.1. The molecule has 1 aromatic carbocycles. The molecule has 2 aromatic rings. The number of amides is 1. The van der Waals surface area contributed by atoms with Gasteiger partial charge in [0.15, 0.2) is 11.7 Å². The topological polar surface area (TPSA) is 68.3 Å². The lowest BCUT2D eigenvalue weighted by Gasteiger charge is -2.02. The Labute approximate surface area is 145 Å². The van der Waals surface area contributed by atoms with Crippen LogP contribution in [0.15, 0.2) is 41.3 Å². The average Bonchev–Trinajstić information content (AvgIpc) is 3.01. The number of aromatic nitrogens is 1. The summed E-state index contributed by atoms with van der Waals surface area (Å²) in [7, 11) is 0. The summed E-state index contributed by atoms with van der Waals surface area (Å²) in [5, 5.41) is 4.99. The van der Waals surface area contributed by atoms with Crippen LogP contribution in [0.4, 0.5) is 5.13 Å². The summed E-state index contributed by atoms with van der Waals surface area (Å²) >= 11 is 1.33. The first kappa shape index (κ1) is 17.9. The van der Waals surface area contributed by atoms with Crippen LogP contribution < -0.4 is 5.32 Å². The minimum absolute atomic E-state index is 0.331. The molecule has 2 rings (SSSR count). The molecule has 0 aliphatic rings. The first-order chi connectivity index (χ1) is 11.5. The fraction of sp³-hybridized carbons (Fsp3) is 0.278. The molecule has 0 saturated heterocycles. The van der Waals surface area contributed by atoms with Crippen molar-refractivity contribution < 1.29 is 14.3 Å². The number of carbonyl (C=O) groups excluding carboxylic acids is 2. The Morgan fingerprint density at radius 3 is 2.58 bits per heavy atom. The molecule has 1 amide bonds. The van der Waals surface area contributed by atoms with Crippen molar-refractivity contribution in [2.24, 2.45) is 0 Å². The number of ether oxygens (including phenoxy) is 1. The number of hydrogen-bond donors (Lipinski definition) is 1. The molecule has 24 heavy (non-hydrogen) atoms. The van der Waals surface area contributed by atoms with Crippen molar-refractivity contribution in [3.63, 3.8) is 0 Å². The second kappa shape index (κ2) is 8.40. The lowest BCUT2D eigenvalue weighted by molar-refractivity contribution is -0.142. The van der Waals surface area contributed by atoms with Gasteiger partial charge in [0.2, 0.25) is 0 Å². The number of thiazole rings is 1. The van der Waals surface area contributed by atoms with E-state index in [9.17, 15) is 9.59 Å². The maximum atomic E-state index is 11.8. The van der Waals surface area contributed by atoms with E-state index in [0.717, 1.165) is 23.3 Å². The van der Waals surface area contributed by atoms with Gasteiger partial charge in [0.25, 0.3) is 5.91 Å². The van der Waals surface area contributed by atoms with Crippen LogP contribution in [0.25, 0.3) is 11.3 Å². The normalized spacial score (nSPS) is 10.1. The molecule has 0 saturated carbocycles. The van der Waals surface area contributed by atoms with Crippen LogP contribution >= 0.6 is 11.3 Å². The van der Waals surface area contributed by atoms with Crippen LogP contribution in [0.3, 0.4) is 0 Å². The highest BCUT2D eigenvalue weighted by Gasteiger charge is 2.10. The number of allylic oxidation sites excluding steroid dienone is 1. The third kappa shape index (κ3) is 5.31. The Hall–Kier alpha value is -2.47. The molecule has 0 unspecified atom stereocenters. The average molecular weight is 344 g/mol. The summed E-state index contributed by atoms with van der Waals surface area (Å²) in [5.74, 6) is -0.936. The number of nitrogens with zero attached hydrogens (tertiary/aromatic N) is 1. The largest absolute Gasteiger partial charge is 0.452 e. The number of hydrogen-bond acceptors (Lipinski definition) is 5. The standard InChI is InChI=1S/C18H20N2O3S/c1-4-13-5-7-14(8-6-13)15-11-24-18(19-15)20-16(21)10-23-17(22)9-12(2)3/h5-9,11H,4,10H2,1-3H3,(H,19,20,21). The van der Waals surface area contributed by atoms with E-state index < -0.39 is 11.9 Å². The van der Waals surface area contributed by atoms with E-state index in [1.165, 1.54) is 23.0 Å². The zero-order valence-corrected chi connectivity index (χ0v) is 14.8. The molecule has 0 atom stereocenters. The Morgan fingerprint density at radius 1 is 1.25 bits per heavy atom. The molecule has 0 aliphatic heterocycles. The minimum atomic E-state index is -0.527. The molecule has 126 valence electrons. The molecular formula is C18H20N2O3S. The number of anilines is 1. The Kier molecular flexibility index (Phi) is 6.26. The fourth-order valence-electron chi connectivity index (χ4n) is 1.94. The van der Waals surface area contributed by atoms with E-state index in [0.29, 0.717) is 5.13 Å². The molecule has 1 heterocycles. The molecule has 6 heteroatoms. The van der Waals surface area contributed by atoms with Crippen molar-refractivity contribution in [1.29, 1.82) is 0 Å². The zero-order chi connectivity index (χ0) is 17.5. The summed E-state index contributed by atoms with van der Waals surface area (Å²) in [6.45, 7) is 5.34. The van der Waals surface area contributed by atoms with Crippen molar-refractivity contribution >= 4 is 28.3 Å². The van der Waals surface area contributed by atoms with Crippen molar-refractivity contribution in [2.45, 2.75) is 27.2 Å². The van der Waals surface area contributed by atoms with Gasteiger partial charge in [0.1, 0.15) is 0 Å². The molecule has 0 radical (unpaired) electrons. The molecule has 1 N–H and O–H groups in total. The number of nitrogens with one attached hydrogen (secondary N) is 1. The van der Waals surface area contributed by atoms with Crippen LogP contribution in [0.2, 0.25) is 0 Å². The van der Waals surface area contributed by atoms with E-state index in [1.54, 1.807) is 13.8 Å². The van der Waals surface area contributed by atoms with E-state index in [4.69, 9.17) is 4.74 Å². The first-order valence-corrected chi connectivity index (χ1v) is 8.52. The third-order valence-electron chi connectivity index (χ3n) is 3.16. The predicted octanol–water partition coefficient (Wildman–Crippen LogP) is 3.82. The van der Waals surface area contributed by atoms with Crippen molar-refractivity contribution in [3.8, 4) is 11.3 Å². The van der Waals surface area contributed by atoms with Crippen LogP contribution in [-0.4, -0.2) is 23.5 Å². The molecular weight excluding hydrogens is 324 g/mol. The van der Waals surface area contributed by atoms with Crippen LogP contribution in [0.1, 0.15) is 26.3 Å². The molecule has 1 aromatic heterocycles. The Morgan fingerprint density at radius 2 is 1.96 bits per heavy atom. The monoisotopic (exact) mass is 344 g/mol. The predicted molar refractivity (Wildman–Crippen MR) is 95.9 cm³/mol. The highest BCUT2D eigenvalue weighted by molar-refractivity contribution is 7.14. The molecule has 0 fully saturated rings. The zero-order valence-electron chi connectivity index (χ0n) is 14.0. The van der Waals surface area contributed by atoms with Crippen LogP contribution in [-0.2, 0) is 20.7 Å². The van der Waals surface area contributed by atoms with Crippen molar-refractivity contribution in [1.82, 2.24) is 4.98 Å². The third-order valence-corrected chi connectivity index (χ3v) is 3.92. The van der Waals surface area contributed by atoms with Gasteiger partial charge in [-0.15, -0.1) is 11.3 Å². The maximum Gasteiger partial charge on any atom is 0.331 e. The summed E-state index contributed by atoms with van der Waals surface area (Å²) < 4.78 is 4.85.